The number of rotatable bonds is 2. The van der Waals surface area contributed by atoms with E-state index in [0.29, 0.717) is 17.3 Å². The van der Waals surface area contributed by atoms with E-state index in [1.165, 1.54) is 0 Å². The minimum Gasteiger partial charge on any atom is -0.398 e. The molecule has 4 heteroatoms. The summed E-state index contributed by atoms with van der Waals surface area (Å²) in [6.45, 7) is 2.40. The van der Waals surface area contributed by atoms with Crippen molar-refractivity contribution < 1.29 is 4.74 Å². The molecule has 0 saturated heterocycles. The van der Waals surface area contributed by atoms with Crippen molar-refractivity contribution in [1.29, 1.82) is 0 Å². The number of aromatic nitrogens is 1. The molecule has 1 aromatic carbocycles. The average molecular weight is 237 g/mol. The Morgan fingerprint density at radius 3 is 2.81 bits per heavy atom. The molecule has 3 nitrogen and oxygen atoms in total. The standard InChI is InChI=1S/C12H13ClN2O/c1-7-3-9-11(14)4-8(6-16-2)15-12(9)5-10(7)13/h3-5H,6H2,1-2H3,(H2,14,15). The lowest BCUT2D eigenvalue weighted by Crippen LogP contribution is -1.97. The zero-order valence-electron chi connectivity index (χ0n) is 9.25. The first-order chi connectivity index (χ1) is 7.61. The van der Waals surface area contributed by atoms with Crippen LogP contribution >= 0.6 is 11.6 Å². The van der Waals surface area contributed by atoms with Gasteiger partial charge in [0.15, 0.2) is 0 Å². The number of benzene rings is 1. The van der Waals surface area contributed by atoms with Gasteiger partial charge in [0.25, 0.3) is 0 Å². The van der Waals surface area contributed by atoms with Crippen molar-refractivity contribution in [2.45, 2.75) is 13.5 Å². The monoisotopic (exact) mass is 236 g/mol. The highest BCUT2D eigenvalue weighted by atomic mass is 35.5. The predicted octanol–water partition coefficient (Wildman–Crippen LogP) is 2.93. The van der Waals surface area contributed by atoms with Gasteiger partial charge >= 0.3 is 0 Å². The molecule has 0 aliphatic rings. The van der Waals surface area contributed by atoms with E-state index in [0.717, 1.165) is 22.2 Å². The summed E-state index contributed by atoms with van der Waals surface area (Å²) in [5, 5.41) is 1.63. The van der Waals surface area contributed by atoms with Crippen molar-refractivity contribution in [3.8, 4) is 0 Å². The van der Waals surface area contributed by atoms with Crippen molar-refractivity contribution in [3.63, 3.8) is 0 Å². The highest BCUT2D eigenvalue weighted by Crippen LogP contribution is 2.26. The Labute approximate surface area is 99.2 Å². The molecule has 2 N–H and O–H groups in total. The molecule has 2 aromatic rings. The third-order valence-electron chi connectivity index (χ3n) is 2.47. The van der Waals surface area contributed by atoms with Crippen LogP contribution in [0.1, 0.15) is 11.3 Å². The Morgan fingerprint density at radius 1 is 1.38 bits per heavy atom. The van der Waals surface area contributed by atoms with Gasteiger partial charge in [0.1, 0.15) is 0 Å². The third-order valence-corrected chi connectivity index (χ3v) is 2.87. The second-order valence-electron chi connectivity index (χ2n) is 3.75. The topological polar surface area (TPSA) is 48.1 Å². The second kappa shape index (κ2) is 4.28. The maximum absolute atomic E-state index is 6.06. The van der Waals surface area contributed by atoms with Gasteiger partial charge in [0.05, 0.1) is 17.8 Å². The molecule has 0 bridgehead atoms. The van der Waals surface area contributed by atoms with Crippen molar-refractivity contribution in [3.05, 3.63) is 34.5 Å². The first-order valence-electron chi connectivity index (χ1n) is 4.96. The molecule has 0 aliphatic carbocycles. The van der Waals surface area contributed by atoms with Crippen molar-refractivity contribution >= 4 is 28.2 Å². The summed E-state index contributed by atoms with van der Waals surface area (Å²) in [4.78, 5) is 4.44. The maximum atomic E-state index is 6.06. The molecule has 0 aliphatic heterocycles. The molecule has 0 unspecified atom stereocenters. The van der Waals surface area contributed by atoms with E-state index in [4.69, 9.17) is 22.1 Å². The Morgan fingerprint density at radius 2 is 2.12 bits per heavy atom. The molecule has 0 fully saturated rings. The Balaban J connectivity index is 2.67. The number of fused-ring (bicyclic) bond motifs is 1. The molecule has 16 heavy (non-hydrogen) atoms. The number of hydrogen-bond donors (Lipinski definition) is 1. The van der Waals surface area contributed by atoms with Crippen LogP contribution in [0.3, 0.4) is 0 Å². The van der Waals surface area contributed by atoms with Gasteiger partial charge in [0.2, 0.25) is 0 Å². The molecule has 0 radical (unpaired) electrons. The molecule has 1 aromatic heterocycles. The predicted molar refractivity (Wildman–Crippen MR) is 66.6 cm³/mol. The Hall–Kier alpha value is -1.32. The van der Waals surface area contributed by atoms with Crippen LogP contribution in [0.2, 0.25) is 5.02 Å². The van der Waals surface area contributed by atoms with Gasteiger partial charge in [-0.05, 0) is 30.7 Å². The van der Waals surface area contributed by atoms with Crippen LogP contribution in [0.15, 0.2) is 18.2 Å². The van der Waals surface area contributed by atoms with E-state index in [9.17, 15) is 0 Å². The zero-order valence-corrected chi connectivity index (χ0v) is 10.0. The summed E-state index contributed by atoms with van der Waals surface area (Å²) in [6.07, 6.45) is 0. The van der Waals surface area contributed by atoms with Gasteiger partial charge in [-0.1, -0.05) is 11.6 Å². The van der Waals surface area contributed by atoms with Gasteiger partial charge in [-0.3, -0.25) is 4.98 Å². The average Bonchev–Trinajstić information content (AvgIpc) is 2.22. The molecule has 84 valence electrons. The van der Waals surface area contributed by atoms with Crippen LogP contribution in [0.4, 0.5) is 5.69 Å². The minimum absolute atomic E-state index is 0.450. The fourth-order valence-electron chi connectivity index (χ4n) is 1.66. The largest absolute Gasteiger partial charge is 0.398 e. The van der Waals surface area contributed by atoms with Crippen LogP contribution in [0, 0.1) is 6.92 Å². The van der Waals surface area contributed by atoms with Crippen molar-refractivity contribution in [1.82, 2.24) is 4.98 Å². The van der Waals surface area contributed by atoms with E-state index < -0.39 is 0 Å². The van der Waals surface area contributed by atoms with Crippen LogP contribution in [-0.4, -0.2) is 12.1 Å². The van der Waals surface area contributed by atoms with Gasteiger partial charge < -0.3 is 10.5 Å². The first kappa shape index (κ1) is 11.2. The summed E-state index contributed by atoms with van der Waals surface area (Å²) in [5.41, 5.74) is 9.30. The van der Waals surface area contributed by atoms with E-state index in [1.807, 2.05) is 25.1 Å². The number of nitrogens with two attached hydrogens (primary N) is 1. The van der Waals surface area contributed by atoms with E-state index >= 15 is 0 Å². The highest BCUT2D eigenvalue weighted by Gasteiger charge is 2.06. The van der Waals surface area contributed by atoms with Crippen molar-refractivity contribution in [2.24, 2.45) is 0 Å². The minimum atomic E-state index is 0.450. The van der Waals surface area contributed by atoms with E-state index in [1.54, 1.807) is 7.11 Å². The quantitative estimate of drug-likeness (QED) is 0.872. The molecular weight excluding hydrogens is 224 g/mol. The summed E-state index contributed by atoms with van der Waals surface area (Å²) in [7, 11) is 1.63. The fourth-order valence-corrected chi connectivity index (χ4v) is 1.82. The number of nitrogens with zero attached hydrogens (tertiary/aromatic N) is 1. The molecule has 0 spiro atoms. The summed E-state index contributed by atoms with van der Waals surface area (Å²) in [6, 6.07) is 5.62. The van der Waals surface area contributed by atoms with Crippen molar-refractivity contribution in [2.75, 3.05) is 12.8 Å². The lowest BCUT2D eigenvalue weighted by Gasteiger charge is -2.07. The third kappa shape index (κ3) is 1.96. The zero-order chi connectivity index (χ0) is 11.7. The number of nitrogen functional groups attached to an aromatic ring is 1. The van der Waals surface area contributed by atoms with Crippen LogP contribution in [-0.2, 0) is 11.3 Å². The van der Waals surface area contributed by atoms with Crippen LogP contribution in [0.25, 0.3) is 10.9 Å². The Bertz CT molecular complexity index is 540. The second-order valence-corrected chi connectivity index (χ2v) is 4.16. The van der Waals surface area contributed by atoms with Gasteiger partial charge in [-0.25, -0.2) is 0 Å². The molecule has 1 heterocycles. The smallest absolute Gasteiger partial charge is 0.0885 e. The van der Waals surface area contributed by atoms with E-state index in [-0.39, 0.29) is 0 Å². The number of ether oxygens (including phenoxy) is 1. The van der Waals surface area contributed by atoms with E-state index in [2.05, 4.69) is 4.98 Å². The van der Waals surface area contributed by atoms with Gasteiger partial charge in [0, 0.05) is 23.2 Å². The van der Waals surface area contributed by atoms with Crippen LogP contribution < -0.4 is 5.73 Å². The number of halogens is 1. The molecule has 2 rings (SSSR count). The molecule has 0 atom stereocenters. The summed E-state index contributed by atoms with van der Waals surface area (Å²) in [5.74, 6) is 0. The SMILES string of the molecule is COCc1cc(N)c2cc(C)c(Cl)cc2n1. The number of pyridine rings is 1. The Kier molecular flexibility index (Phi) is 2.99. The van der Waals surface area contributed by atoms with Gasteiger partial charge in [-0.15, -0.1) is 0 Å². The number of methoxy groups -OCH3 is 1. The lowest BCUT2D eigenvalue weighted by molar-refractivity contribution is 0.182. The lowest BCUT2D eigenvalue weighted by atomic mass is 10.1. The molecular formula is C12H13ClN2O. The fraction of sp³-hybridized carbons (Fsp3) is 0.250. The first-order valence-corrected chi connectivity index (χ1v) is 5.34. The highest BCUT2D eigenvalue weighted by molar-refractivity contribution is 6.32. The molecule has 0 amide bonds. The van der Waals surface area contributed by atoms with Gasteiger partial charge in [-0.2, -0.15) is 0 Å². The molecule has 0 saturated carbocycles. The summed E-state index contributed by atoms with van der Waals surface area (Å²) < 4.78 is 5.03. The number of anilines is 1. The maximum Gasteiger partial charge on any atom is 0.0885 e. The number of hydrogen-bond acceptors (Lipinski definition) is 3. The number of aryl methyl sites for hydroxylation is 1. The normalized spacial score (nSPS) is 10.9. The summed E-state index contributed by atoms with van der Waals surface area (Å²) >= 11 is 6.06. The van der Waals surface area contributed by atoms with Crippen LogP contribution in [0.5, 0.6) is 0 Å².